The van der Waals surface area contributed by atoms with Gasteiger partial charge in [0.1, 0.15) is 12.7 Å². The van der Waals surface area contributed by atoms with E-state index in [9.17, 15) is 4.79 Å². The van der Waals surface area contributed by atoms with E-state index < -0.39 is 5.79 Å². The Morgan fingerprint density at radius 2 is 2.08 bits per heavy atom. The molecule has 4 heteroatoms. The van der Waals surface area contributed by atoms with Gasteiger partial charge in [0.25, 0.3) is 0 Å². The number of allylic oxidation sites excluding steroid dienone is 1. The molecule has 0 aromatic rings. The van der Waals surface area contributed by atoms with E-state index in [1.807, 2.05) is 13.8 Å². The highest BCUT2D eigenvalue weighted by atomic mass is 16.8. The highest BCUT2D eigenvalue weighted by Crippen LogP contribution is 2.41. The minimum atomic E-state index is -0.562. The van der Waals surface area contributed by atoms with E-state index in [0.717, 1.165) is 31.3 Å². The molecule has 0 spiro atoms. The summed E-state index contributed by atoms with van der Waals surface area (Å²) in [5, 5.41) is 0. The lowest BCUT2D eigenvalue weighted by atomic mass is 9.80. The van der Waals surface area contributed by atoms with Crippen LogP contribution in [-0.4, -0.2) is 30.6 Å². The fourth-order valence-corrected chi connectivity index (χ4v) is 3.68. The predicted octanol–water partition coefficient (Wildman–Crippen LogP) is 4.40. The number of rotatable bonds is 3. The summed E-state index contributed by atoms with van der Waals surface area (Å²) in [7, 11) is 0. The van der Waals surface area contributed by atoms with Gasteiger partial charge < -0.3 is 14.2 Å². The number of carbonyl (C=O) groups is 1. The van der Waals surface area contributed by atoms with E-state index in [1.54, 1.807) is 0 Å². The van der Waals surface area contributed by atoms with E-state index in [4.69, 9.17) is 14.2 Å². The number of esters is 1. The molecular weight excluding hydrogens is 304 g/mol. The maximum Gasteiger partial charge on any atom is 0.302 e. The van der Waals surface area contributed by atoms with Gasteiger partial charge in [-0.1, -0.05) is 26.5 Å². The zero-order valence-corrected chi connectivity index (χ0v) is 15.8. The molecule has 0 radical (unpaired) electrons. The minimum Gasteiger partial charge on any atom is -0.461 e. The molecule has 1 aliphatic carbocycles. The van der Waals surface area contributed by atoms with E-state index in [-0.39, 0.29) is 18.2 Å². The lowest BCUT2D eigenvalue weighted by Gasteiger charge is -2.31. The zero-order valence-electron chi connectivity index (χ0n) is 15.8. The molecule has 3 atom stereocenters. The van der Waals surface area contributed by atoms with Crippen LogP contribution in [0.25, 0.3) is 0 Å². The van der Waals surface area contributed by atoms with Crippen molar-refractivity contribution in [3.63, 3.8) is 0 Å². The van der Waals surface area contributed by atoms with Crippen LogP contribution in [-0.2, 0) is 19.0 Å². The van der Waals surface area contributed by atoms with Crippen molar-refractivity contribution in [1.82, 2.24) is 0 Å². The molecule has 2 rings (SSSR count). The summed E-state index contributed by atoms with van der Waals surface area (Å²) in [6.45, 7) is 14.6. The molecule has 2 aliphatic rings. The second-order valence-electron chi connectivity index (χ2n) is 7.81. The SMILES string of the molecule is C=C1CC/C=C(\COC(C)=O)CC[C@@H](C(C)C)[C@H]2OC(C)(C)O[C@H]12. The maximum atomic E-state index is 11.1. The average Bonchev–Trinajstić information content (AvgIpc) is 2.79. The van der Waals surface area contributed by atoms with Gasteiger partial charge in [0, 0.05) is 6.92 Å². The van der Waals surface area contributed by atoms with Crippen LogP contribution in [0.3, 0.4) is 0 Å². The molecule has 0 unspecified atom stereocenters. The van der Waals surface area contributed by atoms with Gasteiger partial charge in [-0.15, -0.1) is 0 Å². The predicted molar refractivity (Wildman–Crippen MR) is 94.5 cm³/mol. The summed E-state index contributed by atoms with van der Waals surface area (Å²) in [5.41, 5.74) is 2.29. The Morgan fingerprint density at radius 3 is 2.71 bits per heavy atom. The van der Waals surface area contributed by atoms with Crippen molar-refractivity contribution in [3.05, 3.63) is 23.8 Å². The molecular formula is C20H32O4. The number of carbonyl (C=O) groups excluding carboxylic acids is 1. The molecule has 0 bridgehead atoms. The molecule has 1 heterocycles. The lowest BCUT2D eigenvalue weighted by Crippen LogP contribution is -2.35. The van der Waals surface area contributed by atoms with Gasteiger partial charge in [0.15, 0.2) is 5.79 Å². The lowest BCUT2D eigenvalue weighted by molar-refractivity contribution is -0.150. The molecule has 0 N–H and O–H groups in total. The third-order valence-electron chi connectivity index (χ3n) is 4.97. The Balaban J connectivity index is 2.19. The van der Waals surface area contributed by atoms with Crippen molar-refractivity contribution in [3.8, 4) is 0 Å². The number of fused-ring (bicyclic) bond motifs is 1. The van der Waals surface area contributed by atoms with Crippen molar-refractivity contribution in [2.75, 3.05) is 6.61 Å². The summed E-state index contributed by atoms with van der Waals surface area (Å²) in [4.78, 5) is 11.1. The largest absolute Gasteiger partial charge is 0.461 e. The van der Waals surface area contributed by atoms with Gasteiger partial charge in [0.05, 0.1) is 6.10 Å². The summed E-state index contributed by atoms with van der Waals surface area (Å²) >= 11 is 0. The van der Waals surface area contributed by atoms with Crippen LogP contribution in [0.1, 0.15) is 60.3 Å². The molecule has 4 nitrogen and oxygen atoms in total. The Labute approximate surface area is 146 Å². The first-order valence-electron chi connectivity index (χ1n) is 9.04. The van der Waals surface area contributed by atoms with Crippen molar-refractivity contribution < 1.29 is 19.0 Å². The van der Waals surface area contributed by atoms with Crippen molar-refractivity contribution in [1.29, 1.82) is 0 Å². The van der Waals surface area contributed by atoms with Gasteiger partial charge in [-0.05, 0) is 62.5 Å². The summed E-state index contributed by atoms with van der Waals surface area (Å²) < 4.78 is 17.7. The molecule has 136 valence electrons. The van der Waals surface area contributed by atoms with E-state index >= 15 is 0 Å². The summed E-state index contributed by atoms with van der Waals surface area (Å²) in [6, 6.07) is 0. The molecule has 24 heavy (non-hydrogen) atoms. The molecule has 0 aromatic carbocycles. The molecule has 0 aromatic heterocycles. The third kappa shape index (κ3) is 4.93. The normalized spacial score (nSPS) is 32.8. The van der Waals surface area contributed by atoms with Crippen LogP contribution in [0.4, 0.5) is 0 Å². The van der Waals surface area contributed by atoms with E-state index in [2.05, 4.69) is 26.5 Å². The second kappa shape index (κ2) is 7.83. The van der Waals surface area contributed by atoms with E-state index in [1.165, 1.54) is 12.5 Å². The monoisotopic (exact) mass is 336 g/mol. The first-order chi connectivity index (χ1) is 11.2. The van der Waals surface area contributed by atoms with E-state index in [0.29, 0.717) is 18.4 Å². The Hall–Kier alpha value is -1.13. The van der Waals surface area contributed by atoms with Crippen LogP contribution in [0.2, 0.25) is 0 Å². The molecule has 1 fully saturated rings. The van der Waals surface area contributed by atoms with Crippen LogP contribution in [0.15, 0.2) is 23.8 Å². The first kappa shape index (κ1) is 19.2. The quantitative estimate of drug-likeness (QED) is 0.566. The first-order valence-corrected chi connectivity index (χ1v) is 9.04. The molecule has 1 aliphatic heterocycles. The summed E-state index contributed by atoms with van der Waals surface area (Å²) in [6.07, 6.45) is 5.90. The molecule has 0 saturated carbocycles. The van der Waals surface area contributed by atoms with Gasteiger partial charge in [-0.25, -0.2) is 0 Å². The van der Waals surface area contributed by atoms with Crippen molar-refractivity contribution in [2.45, 2.75) is 78.3 Å². The Bertz CT molecular complexity index is 504. The Kier molecular flexibility index (Phi) is 6.27. The number of hydrogen-bond donors (Lipinski definition) is 0. The highest BCUT2D eigenvalue weighted by Gasteiger charge is 2.46. The van der Waals surface area contributed by atoms with Crippen molar-refractivity contribution >= 4 is 5.97 Å². The standard InChI is InChI=1S/C20H32O4/c1-13(2)17-11-10-16(12-22-15(4)21)9-7-8-14(3)18-19(17)24-20(5,6)23-18/h9,13,17-19H,3,7-8,10-12H2,1-2,4-6H3/b16-9-/t17-,18+,19+/m0/s1. The molecule has 0 amide bonds. The van der Waals surface area contributed by atoms with Gasteiger partial charge in [0.2, 0.25) is 0 Å². The zero-order chi connectivity index (χ0) is 17.9. The maximum absolute atomic E-state index is 11.1. The third-order valence-corrected chi connectivity index (χ3v) is 4.97. The summed E-state index contributed by atoms with van der Waals surface area (Å²) in [5.74, 6) is 0.0738. The average molecular weight is 336 g/mol. The smallest absolute Gasteiger partial charge is 0.302 e. The fraction of sp³-hybridized carbons (Fsp3) is 0.750. The topological polar surface area (TPSA) is 44.8 Å². The van der Waals surface area contributed by atoms with Crippen LogP contribution in [0.5, 0.6) is 0 Å². The second-order valence-corrected chi connectivity index (χ2v) is 7.81. The van der Waals surface area contributed by atoms with Crippen LogP contribution >= 0.6 is 0 Å². The number of hydrogen-bond acceptors (Lipinski definition) is 4. The van der Waals surface area contributed by atoms with Gasteiger partial charge in [-0.2, -0.15) is 0 Å². The molecule has 1 saturated heterocycles. The van der Waals surface area contributed by atoms with Gasteiger partial charge >= 0.3 is 5.97 Å². The Morgan fingerprint density at radius 1 is 1.38 bits per heavy atom. The number of ether oxygens (including phenoxy) is 3. The highest BCUT2D eigenvalue weighted by molar-refractivity contribution is 5.66. The minimum absolute atomic E-state index is 0.0316. The van der Waals surface area contributed by atoms with Crippen LogP contribution in [0, 0.1) is 11.8 Å². The van der Waals surface area contributed by atoms with Crippen molar-refractivity contribution in [2.24, 2.45) is 11.8 Å². The van der Waals surface area contributed by atoms with Gasteiger partial charge in [-0.3, -0.25) is 4.79 Å². The van der Waals surface area contributed by atoms with Crippen LogP contribution < -0.4 is 0 Å². The fourth-order valence-electron chi connectivity index (χ4n) is 3.68.